The van der Waals surface area contributed by atoms with Crippen molar-refractivity contribution >= 4 is 38.7 Å². The van der Waals surface area contributed by atoms with Gasteiger partial charge in [-0.2, -0.15) is 4.52 Å². The van der Waals surface area contributed by atoms with E-state index in [0.29, 0.717) is 27.4 Å². The third-order valence-electron chi connectivity index (χ3n) is 3.40. The molecule has 2 N–H and O–H groups in total. The largest absolute Gasteiger partial charge is 0.508 e. The summed E-state index contributed by atoms with van der Waals surface area (Å²) in [7, 11) is 0. The molecular weight excluding hydrogens is 346 g/mol. The molecule has 8 heteroatoms. The Morgan fingerprint density at radius 1 is 1.12 bits per heavy atom. The van der Waals surface area contributed by atoms with Crippen LogP contribution in [0.1, 0.15) is 11.4 Å². The Balaban J connectivity index is 1.61. The van der Waals surface area contributed by atoms with Crippen LogP contribution in [0.2, 0.25) is 5.02 Å². The molecule has 4 rings (SSSR count). The van der Waals surface area contributed by atoms with E-state index in [2.05, 4.69) is 20.6 Å². The lowest BCUT2D eigenvalue weighted by atomic mass is 10.1. The molecule has 0 aliphatic rings. The van der Waals surface area contributed by atoms with Crippen molar-refractivity contribution in [3.63, 3.8) is 0 Å². The van der Waals surface area contributed by atoms with Crippen LogP contribution < -0.4 is 5.32 Å². The SMILES string of the molecule is Oc1cccc(Cc2nnc3sc(Nc4cccc(Cl)c4)nn23)c1. The number of aromatic nitrogens is 4. The van der Waals surface area contributed by atoms with Crippen LogP contribution in [-0.4, -0.2) is 24.9 Å². The minimum absolute atomic E-state index is 0.231. The van der Waals surface area contributed by atoms with Gasteiger partial charge in [-0.05, 0) is 35.9 Å². The highest BCUT2D eigenvalue weighted by Gasteiger charge is 2.12. The summed E-state index contributed by atoms with van der Waals surface area (Å²) in [6, 6.07) is 14.5. The number of halogens is 1. The van der Waals surface area contributed by atoms with Crippen LogP contribution in [0, 0.1) is 0 Å². The number of nitrogens with zero attached hydrogens (tertiary/aromatic N) is 4. The molecular formula is C16H12ClN5OS. The van der Waals surface area contributed by atoms with Crippen molar-refractivity contribution in [1.82, 2.24) is 19.8 Å². The van der Waals surface area contributed by atoms with Gasteiger partial charge in [-0.15, -0.1) is 15.3 Å². The van der Waals surface area contributed by atoms with E-state index in [9.17, 15) is 5.11 Å². The summed E-state index contributed by atoms with van der Waals surface area (Å²) in [4.78, 5) is 0.703. The van der Waals surface area contributed by atoms with Crippen molar-refractivity contribution < 1.29 is 5.11 Å². The van der Waals surface area contributed by atoms with Crippen molar-refractivity contribution in [1.29, 1.82) is 0 Å². The Labute approximate surface area is 146 Å². The first-order chi connectivity index (χ1) is 11.7. The number of anilines is 2. The van der Waals surface area contributed by atoms with Crippen molar-refractivity contribution in [3.05, 3.63) is 64.9 Å². The first-order valence-electron chi connectivity index (χ1n) is 7.19. The molecule has 0 saturated carbocycles. The molecule has 0 saturated heterocycles. The number of hydrogen-bond acceptors (Lipinski definition) is 6. The highest BCUT2D eigenvalue weighted by molar-refractivity contribution is 7.20. The molecule has 0 atom stereocenters. The Hall–Kier alpha value is -2.64. The predicted octanol–water partition coefficient (Wildman–Crippen LogP) is 3.88. The first kappa shape index (κ1) is 14.9. The summed E-state index contributed by atoms with van der Waals surface area (Å²) in [5.41, 5.74) is 1.81. The fourth-order valence-electron chi connectivity index (χ4n) is 2.36. The zero-order chi connectivity index (χ0) is 16.5. The molecule has 2 aromatic heterocycles. The van der Waals surface area contributed by atoms with Crippen LogP contribution in [-0.2, 0) is 6.42 Å². The lowest BCUT2D eigenvalue weighted by Crippen LogP contribution is -1.98. The number of hydrogen-bond donors (Lipinski definition) is 2. The van der Waals surface area contributed by atoms with E-state index in [1.807, 2.05) is 30.3 Å². The van der Waals surface area contributed by atoms with E-state index in [1.54, 1.807) is 22.7 Å². The number of rotatable bonds is 4. The van der Waals surface area contributed by atoms with Crippen molar-refractivity contribution in [2.24, 2.45) is 0 Å². The lowest BCUT2D eigenvalue weighted by molar-refractivity contribution is 0.474. The maximum absolute atomic E-state index is 9.57. The lowest BCUT2D eigenvalue weighted by Gasteiger charge is -2.02. The van der Waals surface area contributed by atoms with E-state index in [-0.39, 0.29) is 5.75 Å². The summed E-state index contributed by atoms with van der Waals surface area (Å²) in [5, 5.41) is 27.0. The monoisotopic (exact) mass is 357 g/mol. The maximum Gasteiger partial charge on any atom is 0.236 e. The minimum atomic E-state index is 0.231. The van der Waals surface area contributed by atoms with Gasteiger partial charge in [-0.1, -0.05) is 41.1 Å². The molecule has 0 bridgehead atoms. The Morgan fingerprint density at radius 3 is 2.83 bits per heavy atom. The summed E-state index contributed by atoms with van der Waals surface area (Å²) >= 11 is 7.40. The molecule has 0 unspecified atom stereocenters. The first-order valence-corrected chi connectivity index (χ1v) is 8.38. The molecule has 0 radical (unpaired) electrons. The molecule has 0 aliphatic carbocycles. The molecule has 6 nitrogen and oxygen atoms in total. The van der Waals surface area contributed by atoms with Crippen LogP contribution in [0.4, 0.5) is 10.8 Å². The van der Waals surface area contributed by atoms with Gasteiger partial charge in [0.15, 0.2) is 5.82 Å². The van der Waals surface area contributed by atoms with E-state index in [4.69, 9.17) is 11.6 Å². The normalized spacial score (nSPS) is 11.0. The average molecular weight is 358 g/mol. The van der Waals surface area contributed by atoms with Gasteiger partial charge in [-0.3, -0.25) is 0 Å². The molecule has 2 aromatic carbocycles. The fraction of sp³-hybridized carbons (Fsp3) is 0.0625. The van der Waals surface area contributed by atoms with Crippen LogP contribution in [0.25, 0.3) is 4.96 Å². The smallest absolute Gasteiger partial charge is 0.236 e. The Morgan fingerprint density at radius 2 is 2.00 bits per heavy atom. The van der Waals surface area contributed by atoms with Gasteiger partial charge in [0.05, 0.1) is 0 Å². The van der Waals surface area contributed by atoms with Crippen molar-refractivity contribution in [2.45, 2.75) is 6.42 Å². The van der Waals surface area contributed by atoms with Crippen molar-refractivity contribution in [3.8, 4) is 5.75 Å². The summed E-state index contributed by atoms with van der Waals surface area (Å²) in [6.45, 7) is 0. The molecule has 2 heterocycles. The zero-order valence-electron chi connectivity index (χ0n) is 12.3. The fourth-order valence-corrected chi connectivity index (χ4v) is 3.33. The number of aromatic hydroxyl groups is 1. The molecule has 120 valence electrons. The average Bonchev–Trinajstić information content (AvgIpc) is 3.09. The summed E-state index contributed by atoms with van der Waals surface area (Å²) in [5.74, 6) is 0.945. The minimum Gasteiger partial charge on any atom is -0.508 e. The summed E-state index contributed by atoms with van der Waals surface area (Å²) < 4.78 is 1.71. The number of fused-ring (bicyclic) bond motifs is 1. The van der Waals surface area contributed by atoms with Crippen LogP contribution in [0.5, 0.6) is 5.75 Å². The van der Waals surface area contributed by atoms with E-state index >= 15 is 0 Å². The van der Waals surface area contributed by atoms with Gasteiger partial charge >= 0.3 is 0 Å². The van der Waals surface area contributed by atoms with Gasteiger partial charge < -0.3 is 10.4 Å². The molecule has 0 amide bonds. The highest BCUT2D eigenvalue weighted by atomic mass is 35.5. The number of nitrogens with one attached hydrogen (secondary N) is 1. The molecule has 4 aromatic rings. The molecule has 0 fully saturated rings. The number of phenolic OH excluding ortho intramolecular Hbond substituents is 1. The van der Waals surface area contributed by atoms with Gasteiger partial charge in [0.1, 0.15) is 5.75 Å². The summed E-state index contributed by atoms with van der Waals surface area (Å²) in [6.07, 6.45) is 0.538. The third-order valence-corrected chi connectivity index (χ3v) is 4.45. The van der Waals surface area contributed by atoms with Crippen LogP contribution in [0.15, 0.2) is 48.5 Å². The van der Waals surface area contributed by atoms with Crippen LogP contribution in [0.3, 0.4) is 0 Å². The maximum atomic E-state index is 9.57. The zero-order valence-corrected chi connectivity index (χ0v) is 13.9. The van der Waals surface area contributed by atoms with Crippen molar-refractivity contribution in [2.75, 3.05) is 5.32 Å². The molecule has 0 aliphatic heterocycles. The van der Waals surface area contributed by atoms with Gasteiger partial charge in [0, 0.05) is 17.1 Å². The number of phenols is 1. The molecule has 24 heavy (non-hydrogen) atoms. The van der Waals surface area contributed by atoms with E-state index in [0.717, 1.165) is 11.3 Å². The molecule has 0 spiro atoms. The second-order valence-corrected chi connectivity index (χ2v) is 6.59. The van der Waals surface area contributed by atoms with Crippen LogP contribution >= 0.6 is 22.9 Å². The number of benzene rings is 2. The predicted molar refractivity (Wildman–Crippen MR) is 94.3 cm³/mol. The quantitative estimate of drug-likeness (QED) is 0.579. The van der Waals surface area contributed by atoms with E-state index < -0.39 is 0 Å². The second kappa shape index (κ2) is 6.10. The second-order valence-electron chi connectivity index (χ2n) is 5.20. The van der Waals surface area contributed by atoms with Gasteiger partial charge in [0.25, 0.3) is 0 Å². The third kappa shape index (κ3) is 3.04. The topological polar surface area (TPSA) is 75.3 Å². The standard InChI is InChI=1S/C16H12ClN5OS/c17-11-4-2-5-12(9-11)18-15-21-22-14(19-20-16(22)24-15)8-10-3-1-6-13(23)7-10/h1-7,9,23H,8H2,(H,18,21). The van der Waals surface area contributed by atoms with Gasteiger partial charge in [0.2, 0.25) is 10.1 Å². The Kier molecular flexibility index (Phi) is 3.79. The highest BCUT2D eigenvalue weighted by Crippen LogP contribution is 2.25. The van der Waals surface area contributed by atoms with Gasteiger partial charge in [-0.25, -0.2) is 0 Å². The Bertz CT molecular complexity index is 1010. The van der Waals surface area contributed by atoms with E-state index in [1.165, 1.54) is 11.3 Å².